The monoisotopic (exact) mass is 207 g/mol. The van der Waals surface area contributed by atoms with Crippen molar-refractivity contribution in [2.24, 2.45) is 0 Å². The van der Waals surface area contributed by atoms with Crippen LogP contribution >= 0.6 is 15.8 Å². The Bertz CT molecular complexity index is 10.0. The summed E-state index contributed by atoms with van der Waals surface area (Å²) in [5, 5.41) is 0. The van der Waals surface area contributed by atoms with E-state index in [1.54, 1.807) is 0 Å². The van der Waals surface area contributed by atoms with Crippen molar-refractivity contribution in [2.75, 3.05) is 6.26 Å². The Kier molecular flexibility index (Phi) is 6.21. The van der Waals surface area contributed by atoms with Gasteiger partial charge in [-0.05, 0) is 0 Å². The molecule has 0 heterocycles. The van der Waals surface area contributed by atoms with E-state index in [4.69, 9.17) is 0 Å². The van der Waals surface area contributed by atoms with Crippen LogP contribution in [-0.2, 0) is 0 Å². The first kappa shape index (κ1) is 5.51. The molecule has 1 atom stereocenters. The first-order valence-electron chi connectivity index (χ1n) is 0.781. The first-order valence-corrected chi connectivity index (χ1v) is 8.72. The molecule has 3 heteroatoms. The summed E-state index contributed by atoms with van der Waals surface area (Å²) in [5.41, 5.74) is 0. The van der Waals surface area contributed by atoms with E-state index in [9.17, 15) is 0 Å². The third-order valence-corrected chi connectivity index (χ3v) is 5.38. The average Bonchev–Trinajstić information content (AvgIpc) is 1.37. The maximum atomic E-state index is 2.73. The van der Waals surface area contributed by atoms with E-state index in [0.717, 1.165) is 0 Å². The van der Waals surface area contributed by atoms with Crippen molar-refractivity contribution >= 4 is 15.8 Å². The number of halogens is 1. The van der Waals surface area contributed by atoms with Crippen LogP contribution in [0.1, 0.15) is 0 Å². The topological polar surface area (TPSA) is 0 Å². The molecule has 0 saturated carbocycles. The molecule has 0 nitrogen and oxygen atoms in total. The zero-order chi connectivity index (χ0) is 3.41. The van der Waals surface area contributed by atoms with Crippen molar-refractivity contribution in [3.8, 4) is 0 Å². The molecule has 0 rings (SSSR count). The Balaban J connectivity index is 1.97. The van der Waals surface area contributed by atoms with Crippen molar-refractivity contribution in [1.29, 1.82) is 0 Å². The molecule has 0 bridgehead atoms. The first-order chi connectivity index (χ1) is 1.91. The van der Waals surface area contributed by atoms with Gasteiger partial charge in [0.15, 0.2) is 0 Å². The molecule has 0 N–H and O–H groups in total. The fourth-order valence-electron chi connectivity index (χ4n) is 0. The summed E-state index contributed by atoms with van der Waals surface area (Å²) in [6.07, 6.45) is 2.13. The molecule has 0 fully saturated rings. The molecular weight excluding hydrogens is 202 g/mol. The summed E-state index contributed by atoms with van der Waals surface area (Å²) >= 11 is 0.444. The Morgan fingerprint density at radius 2 is 2.25 bits per heavy atom. The minimum absolute atomic E-state index is 0.444. The van der Waals surface area contributed by atoms with Crippen LogP contribution in [0.3, 0.4) is 0 Å². The normalized spacial score (nSPS) is 8.50. The van der Waals surface area contributed by atoms with Gasteiger partial charge in [-0.3, -0.25) is 0 Å². The Labute approximate surface area is 41.4 Å². The van der Waals surface area contributed by atoms with Crippen LogP contribution in [0.2, 0.25) is 0 Å². The fraction of sp³-hybridized carbons (Fsp3) is 1.00. The predicted octanol–water partition coefficient (Wildman–Crippen LogP) is -1.86. The van der Waals surface area contributed by atoms with Crippen LogP contribution in [0, 0.1) is 0 Å². The molecule has 0 aromatic heterocycles. The predicted molar refractivity (Wildman–Crippen MR) is 23.2 cm³/mol. The van der Waals surface area contributed by atoms with Crippen LogP contribution < -0.4 is 19.3 Å². The van der Waals surface area contributed by atoms with E-state index in [1.807, 2.05) is 8.93 Å². The molecule has 0 aliphatic rings. The van der Waals surface area contributed by atoms with Crippen molar-refractivity contribution in [2.45, 2.75) is 0 Å². The average molecular weight is 207 g/mol. The summed E-state index contributed by atoms with van der Waals surface area (Å²) in [7, 11) is 1.93. The van der Waals surface area contributed by atoms with Gasteiger partial charge in [-0.1, -0.05) is 0 Å². The van der Waals surface area contributed by atoms with Crippen LogP contribution in [0.25, 0.3) is 0 Å². The van der Waals surface area contributed by atoms with Gasteiger partial charge in [0.25, 0.3) is 0 Å². The summed E-state index contributed by atoms with van der Waals surface area (Å²) in [4.78, 5) is 0. The van der Waals surface area contributed by atoms with Gasteiger partial charge in [0.05, 0.1) is 0 Å². The van der Waals surface area contributed by atoms with Crippen LogP contribution in [-0.4, -0.2) is 6.26 Å². The van der Waals surface area contributed by atoms with Gasteiger partial charge in [-0.2, -0.15) is 0 Å². The molecule has 0 radical (unpaired) electrons. The van der Waals surface area contributed by atoms with Gasteiger partial charge in [-0.25, -0.2) is 0 Å². The van der Waals surface area contributed by atoms with Crippen molar-refractivity contribution < 1.29 is 19.3 Å². The zero-order valence-corrected chi connectivity index (χ0v) is 6.49. The quantitative estimate of drug-likeness (QED) is 0.359. The second-order valence-electron chi connectivity index (χ2n) is 0.243. The number of hydrogen-bond donors (Lipinski definition) is 0. The summed E-state index contributed by atoms with van der Waals surface area (Å²) in [5.74, 6) is 0. The van der Waals surface area contributed by atoms with E-state index in [1.165, 1.54) is 0 Å². The SMILES string of the molecule is CS[I-]P. The number of rotatable bonds is 1. The summed E-state index contributed by atoms with van der Waals surface area (Å²) < 4.78 is 0. The Hall–Kier alpha value is 1.51. The maximum absolute atomic E-state index is 2.73. The molecule has 1 unspecified atom stereocenters. The van der Waals surface area contributed by atoms with E-state index in [-0.39, 0.29) is 0 Å². The minimum atomic E-state index is 0.444. The number of hydrogen-bond acceptors (Lipinski definition) is 1. The van der Waals surface area contributed by atoms with E-state index in [0.29, 0.717) is 19.3 Å². The molecule has 0 aliphatic heterocycles. The van der Waals surface area contributed by atoms with Gasteiger partial charge in [-0.15, -0.1) is 0 Å². The second-order valence-corrected chi connectivity index (χ2v) is 8.48. The molecule has 0 aromatic rings. The fourth-order valence-corrected chi connectivity index (χ4v) is 0. The van der Waals surface area contributed by atoms with E-state index in [2.05, 4.69) is 13.1 Å². The van der Waals surface area contributed by atoms with Crippen LogP contribution in [0.5, 0.6) is 0 Å². The van der Waals surface area contributed by atoms with Crippen LogP contribution in [0.4, 0.5) is 0 Å². The molecule has 4 heavy (non-hydrogen) atoms. The van der Waals surface area contributed by atoms with Gasteiger partial charge < -0.3 is 0 Å². The van der Waals surface area contributed by atoms with Gasteiger partial charge in [0.2, 0.25) is 0 Å². The zero-order valence-electron chi connectivity index (χ0n) is 2.36. The molecule has 0 saturated heterocycles. The third kappa shape index (κ3) is 3.51. The van der Waals surface area contributed by atoms with Gasteiger partial charge in [0, 0.05) is 0 Å². The summed E-state index contributed by atoms with van der Waals surface area (Å²) in [6, 6.07) is 0. The van der Waals surface area contributed by atoms with Crippen LogP contribution in [0.15, 0.2) is 0 Å². The molecule has 0 amide bonds. The molecule has 28 valence electrons. The van der Waals surface area contributed by atoms with Crippen molar-refractivity contribution in [1.82, 2.24) is 0 Å². The third-order valence-electron chi connectivity index (χ3n) is 0.0891. The van der Waals surface area contributed by atoms with Gasteiger partial charge in [0.1, 0.15) is 0 Å². The van der Waals surface area contributed by atoms with Crippen molar-refractivity contribution in [3.05, 3.63) is 0 Å². The summed E-state index contributed by atoms with van der Waals surface area (Å²) in [6.45, 7) is 2.73. The molecule has 0 aliphatic carbocycles. The Morgan fingerprint density at radius 1 is 2.00 bits per heavy atom. The molecule has 0 aromatic carbocycles. The Morgan fingerprint density at radius 3 is 2.25 bits per heavy atom. The molecular formula is CH5IPS-. The van der Waals surface area contributed by atoms with Crippen molar-refractivity contribution in [3.63, 3.8) is 0 Å². The van der Waals surface area contributed by atoms with Gasteiger partial charge >= 0.3 is 41.3 Å². The second kappa shape index (κ2) is 4.51. The standard InChI is InChI=1S/CH5IPS/c1-4-2-3/h3H2,1H3/q-1. The van der Waals surface area contributed by atoms with E-state index < -0.39 is 0 Å². The van der Waals surface area contributed by atoms with E-state index >= 15 is 0 Å². The molecule has 0 spiro atoms.